The Kier molecular flexibility index (Phi) is 5.45. The lowest BCUT2D eigenvalue weighted by molar-refractivity contribution is 0.0325. The number of hydrogen-bond donors (Lipinski definition) is 0. The number of hydrogen-bond acceptors (Lipinski definition) is 4. The molecule has 5 heteroatoms. The Morgan fingerprint density at radius 3 is 2.69 bits per heavy atom. The van der Waals surface area contributed by atoms with E-state index in [1.807, 2.05) is 18.4 Å². The van der Waals surface area contributed by atoms with Crippen LogP contribution in [0.5, 0.6) is 0 Å². The van der Waals surface area contributed by atoms with Crippen LogP contribution in [0.25, 0.3) is 0 Å². The first-order valence-corrected chi connectivity index (χ1v) is 5.89. The third-order valence-corrected chi connectivity index (χ3v) is 2.98. The first-order chi connectivity index (χ1) is 7.69. The lowest BCUT2D eigenvalue weighted by atomic mass is 10.3. The molecule has 1 amide bonds. The van der Waals surface area contributed by atoms with Crippen molar-refractivity contribution >= 4 is 17.2 Å². The summed E-state index contributed by atoms with van der Waals surface area (Å²) in [6.45, 7) is 3.32. The number of ether oxygens (including phenoxy) is 2. The minimum atomic E-state index is -0.0109. The van der Waals surface area contributed by atoms with Gasteiger partial charge < -0.3 is 14.4 Å². The topological polar surface area (TPSA) is 38.8 Å². The minimum Gasteiger partial charge on any atom is -0.383 e. The van der Waals surface area contributed by atoms with Crippen molar-refractivity contribution in [3.05, 3.63) is 21.9 Å². The first kappa shape index (κ1) is 13.2. The summed E-state index contributed by atoms with van der Waals surface area (Å²) in [5, 5.41) is 1.87. The van der Waals surface area contributed by atoms with Crippen LogP contribution in [0.3, 0.4) is 0 Å². The van der Waals surface area contributed by atoms with Gasteiger partial charge in [-0.15, -0.1) is 11.3 Å². The average molecular weight is 243 g/mol. The van der Waals surface area contributed by atoms with Gasteiger partial charge in [0.25, 0.3) is 5.91 Å². The summed E-state index contributed by atoms with van der Waals surface area (Å²) in [6, 6.07) is 1.89. The molecule has 0 atom stereocenters. The van der Waals surface area contributed by atoms with E-state index in [0.29, 0.717) is 13.2 Å². The van der Waals surface area contributed by atoms with Crippen LogP contribution in [0.15, 0.2) is 11.4 Å². The fraction of sp³-hybridized carbons (Fsp3) is 0.545. The molecule has 0 bridgehead atoms. The van der Waals surface area contributed by atoms with Crippen molar-refractivity contribution in [3.63, 3.8) is 0 Å². The van der Waals surface area contributed by atoms with Crippen LogP contribution in [-0.4, -0.2) is 44.9 Å². The van der Waals surface area contributed by atoms with E-state index in [1.165, 1.54) is 0 Å². The molecule has 1 heterocycles. The van der Waals surface area contributed by atoms with E-state index in [-0.39, 0.29) is 12.6 Å². The van der Waals surface area contributed by atoms with Gasteiger partial charge in [0.2, 0.25) is 0 Å². The summed E-state index contributed by atoms with van der Waals surface area (Å²) in [6.07, 6.45) is 0. The number of rotatable bonds is 6. The van der Waals surface area contributed by atoms with Crippen LogP contribution in [0.2, 0.25) is 0 Å². The number of thiophene rings is 1. The van der Waals surface area contributed by atoms with Crippen LogP contribution < -0.4 is 0 Å². The van der Waals surface area contributed by atoms with E-state index < -0.39 is 0 Å². The maximum Gasteiger partial charge on any atom is 0.256 e. The quantitative estimate of drug-likeness (QED) is 0.714. The highest BCUT2D eigenvalue weighted by atomic mass is 32.1. The Morgan fingerprint density at radius 1 is 1.44 bits per heavy atom. The molecule has 4 nitrogen and oxygen atoms in total. The molecule has 0 unspecified atom stereocenters. The van der Waals surface area contributed by atoms with Crippen LogP contribution >= 0.6 is 11.3 Å². The largest absolute Gasteiger partial charge is 0.383 e. The van der Waals surface area contributed by atoms with Gasteiger partial charge in [0, 0.05) is 31.0 Å². The molecule has 0 N–H and O–H groups in total. The summed E-state index contributed by atoms with van der Waals surface area (Å²) < 4.78 is 9.97. The second kappa shape index (κ2) is 6.62. The molecular formula is C11H17NO3S. The molecule has 1 rings (SSSR count). The standard InChI is InChI=1S/C11H17NO3S/c1-9-6-10(7-16-9)11(13)12(8-15-3)4-5-14-2/h6-7H,4-5,8H2,1-3H3. The van der Waals surface area contributed by atoms with Gasteiger partial charge in [0.15, 0.2) is 0 Å². The lowest BCUT2D eigenvalue weighted by Gasteiger charge is -2.20. The second-order valence-corrected chi connectivity index (χ2v) is 4.54. The van der Waals surface area contributed by atoms with Gasteiger partial charge >= 0.3 is 0 Å². The van der Waals surface area contributed by atoms with Crippen molar-refractivity contribution in [2.75, 3.05) is 34.1 Å². The molecule has 0 saturated heterocycles. The predicted molar refractivity (Wildman–Crippen MR) is 63.8 cm³/mol. The highest BCUT2D eigenvalue weighted by Gasteiger charge is 2.16. The van der Waals surface area contributed by atoms with E-state index in [1.54, 1.807) is 30.5 Å². The molecule has 0 fully saturated rings. The Labute approximate surface area is 99.8 Å². The minimum absolute atomic E-state index is 0.0109. The van der Waals surface area contributed by atoms with Crippen molar-refractivity contribution in [1.29, 1.82) is 0 Å². The molecule has 0 aliphatic heterocycles. The third kappa shape index (κ3) is 3.59. The third-order valence-electron chi connectivity index (χ3n) is 2.11. The highest BCUT2D eigenvalue weighted by molar-refractivity contribution is 7.10. The summed E-state index contributed by atoms with van der Waals surface area (Å²) in [7, 11) is 3.19. The molecule has 90 valence electrons. The Balaban J connectivity index is 2.66. The Morgan fingerprint density at radius 2 is 2.19 bits per heavy atom. The zero-order chi connectivity index (χ0) is 12.0. The van der Waals surface area contributed by atoms with Crippen molar-refractivity contribution in [1.82, 2.24) is 4.90 Å². The number of aryl methyl sites for hydroxylation is 1. The van der Waals surface area contributed by atoms with Crippen LogP contribution in [-0.2, 0) is 9.47 Å². The van der Waals surface area contributed by atoms with Gasteiger partial charge in [-0.1, -0.05) is 0 Å². The second-order valence-electron chi connectivity index (χ2n) is 3.43. The Hall–Kier alpha value is -0.910. The van der Waals surface area contributed by atoms with Gasteiger partial charge in [0.05, 0.1) is 12.2 Å². The van der Waals surface area contributed by atoms with Gasteiger partial charge in [-0.2, -0.15) is 0 Å². The maximum absolute atomic E-state index is 12.1. The number of methoxy groups -OCH3 is 2. The molecule has 0 aliphatic rings. The normalized spacial score (nSPS) is 10.4. The summed E-state index contributed by atoms with van der Waals surface area (Å²) >= 11 is 1.57. The van der Waals surface area contributed by atoms with Gasteiger partial charge in [0.1, 0.15) is 6.73 Å². The van der Waals surface area contributed by atoms with Crippen LogP contribution in [0.4, 0.5) is 0 Å². The monoisotopic (exact) mass is 243 g/mol. The summed E-state index contributed by atoms with van der Waals surface area (Å²) in [5.41, 5.74) is 0.718. The van der Waals surface area contributed by atoms with E-state index >= 15 is 0 Å². The average Bonchev–Trinajstić information content (AvgIpc) is 2.70. The fourth-order valence-electron chi connectivity index (χ4n) is 1.32. The van der Waals surface area contributed by atoms with E-state index in [9.17, 15) is 4.79 Å². The number of carbonyl (C=O) groups excluding carboxylic acids is 1. The van der Waals surface area contributed by atoms with Crippen LogP contribution in [0, 0.1) is 6.92 Å². The maximum atomic E-state index is 12.1. The summed E-state index contributed by atoms with van der Waals surface area (Å²) in [5.74, 6) is -0.0109. The molecule has 0 aromatic carbocycles. The smallest absolute Gasteiger partial charge is 0.256 e. The van der Waals surface area contributed by atoms with Crippen LogP contribution in [0.1, 0.15) is 15.2 Å². The predicted octanol–water partition coefficient (Wildman–Crippen LogP) is 1.75. The SMILES string of the molecule is COCCN(COC)C(=O)c1csc(C)c1. The molecule has 16 heavy (non-hydrogen) atoms. The van der Waals surface area contributed by atoms with Crippen molar-refractivity contribution in [3.8, 4) is 0 Å². The Bertz CT molecular complexity index is 338. The highest BCUT2D eigenvalue weighted by Crippen LogP contribution is 2.15. The van der Waals surface area contributed by atoms with Gasteiger partial charge in [-0.25, -0.2) is 0 Å². The van der Waals surface area contributed by atoms with E-state index in [0.717, 1.165) is 10.4 Å². The molecule has 1 aromatic rings. The van der Waals surface area contributed by atoms with Gasteiger partial charge in [-0.3, -0.25) is 4.79 Å². The zero-order valence-electron chi connectivity index (χ0n) is 9.86. The van der Waals surface area contributed by atoms with E-state index in [2.05, 4.69) is 0 Å². The number of nitrogens with zero attached hydrogens (tertiary/aromatic N) is 1. The summed E-state index contributed by atoms with van der Waals surface area (Å²) in [4.78, 5) is 14.8. The molecule has 0 radical (unpaired) electrons. The molecule has 0 aliphatic carbocycles. The molecule has 0 saturated carbocycles. The van der Waals surface area contributed by atoms with Crippen molar-refractivity contribution in [2.45, 2.75) is 6.92 Å². The molecule has 1 aromatic heterocycles. The lowest BCUT2D eigenvalue weighted by Crippen LogP contribution is -2.35. The van der Waals surface area contributed by atoms with Gasteiger partial charge in [-0.05, 0) is 13.0 Å². The fourth-order valence-corrected chi connectivity index (χ4v) is 2.00. The number of carbonyl (C=O) groups is 1. The van der Waals surface area contributed by atoms with E-state index in [4.69, 9.17) is 9.47 Å². The van der Waals surface area contributed by atoms with Crippen molar-refractivity contribution < 1.29 is 14.3 Å². The first-order valence-electron chi connectivity index (χ1n) is 5.01. The molecular weight excluding hydrogens is 226 g/mol. The number of amides is 1. The molecule has 0 spiro atoms. The zero-order valence-corrected chi connectivity index (χ0v) is 10.7. The van der Waals surface area contributed by atoms with Crippen molar-refractivity contribution in [2.24, 2.45) is 0 Å².